The number of benzene rings is 1. The minimum absolute atomic E-state index is 0.310. The zero-order valence-electron chi connectivity index (χ0n) is 10.5. The summed E-state index contributed by atoms with van der Waals surface area (Å²) in [5.41, 5.74) is 1.01. The molecule has 18 heavy (non-hydrogen) atoms. The first-order valence-corrected chi connectivity index (χ1v) is 6.98. The predicted molar refractivity (Wildman–Crippen MR) is 76.4 cm³/mol. The first-order chi connectivity index (χ1) is 8.79. The molecule has 0 aliphatic carbocycles. The summed E-state index contributed by atoms with van der Waals surface area (Å²) in [6, 6.07) is 5.95. The lowest BCUT2D eigenvalue weighted by Crippen LogP contribution is -2.39. The van der Waals surface area contributed by atoms with Crippen molar-refractivity contribution in [2.24, 2.45) is 0 Å². The molecule has 1 unspecified atom stereocenters. The van der Waals surface area contributed by atoms with Crippen LogP contribution in [0.1, 0.15) is 6.42 Å². The molecule has 0 bridgehead atoms. The Bertz CT molecular complexity index is 381. The van der Waals surface area contributed by atoms with Gasteiger partial charge in [-0.15, -0.1) is 0 Å². The molecule has 1 aromatic carbocycles. The molecule has 5 heteroatoms. The molecule has 100 valence electrons. The number of hydrogen-bond acceptors (Lipinski definition) is 4. The van der Waals surface area contributed by atoms with Crippen LogP contribution in [0.5, 0.6) is 5.75 Å². The quantitative estimate of drug-likeness (QED) is 0.875. The van der Waals surface area contributed by atoms with E-state index in [0.717, 1.165) is 48.6 Å². The molecule has 2 N–H and O–H groups in total. The monoisotopic (exact) mass is 314 g/mol. The smallest absolute Gasteiger partial charge is 0.142 e. The summed E-state index contributed by atoms with van der Waals surface area (Å²) in [5, 5.41) is 6.72. The zero-order valence-corrected chi connectivity index (χ0v) is 12.1. The SMILES string of the molecule is COc1ccc(Br)cc1NCCC1CNCCO1. The normalized spacial score (nSPS) is 19.6. The van der Waals surface area contributed by atoms with E-state index in [-0.39, 0.29) is 0 Å². The van der Waals surface area contributed by atoms with Crippen LogP contribution in [-0.2, 0) is 4.74 Å². The molecule has 2 rings (SSSR count). The van der Waals surface area contributed by atoms with E-state index in [4.69, 9.17) is 9.47 Å². The van der Waals surface area contributed by atoms with Gasteiger partial charge in [0.05, 0.1) is 25.5 Å². The lowest BCUT2D eigenvalue weighted by atomic mass is 10.2. The Morgan fingerprint density at radius 1 is 1.56 bits per heavy atom. The molecule has 1 saturated heterocycles. The number of ether oxygens (including phenoxy) is 2. The molecule has 1 aliphatic rings. The van der Waals surface area contributed by atoms with Gasteiger partial charge in [0.2, 0.25) is 0 Å². The molecule has 0 saturated carbocycles. The van der Waals surface area contributed by atoms with Crippen LogP contribution in [0, 0.1) is 0 Å². The summed E-state index contributed by atoms with van der Waals surface area (Å²) in [6.07, 6.45) is 1.30. The van der Waals surface area contributed by atoms with Gasteiger partial charge in [-0.05, 0) is 24.6 Å². The van der Waals surface area contributed by atoms with E-state index < -0.39 is 0 Å². The van der Waals surface area contributed by atoms with Crippen LogP contribution in [0.3, 0.4) is 0 Å². The van der Waals surface area contributed by atoms with Crippen LogP contribution in [-0.4, -0.2) is 39.5 Å². The van der Waals surface area contributed by atoms with Crippen molar-refractivity contribution in [3.05, 3.63) is 22.7 Å². The van der Waals surface area contributed by atoms with Crippen molar-refractivity contribution in [1.29, 1.82) is 0 Å². The molecule has 1 heterocycles. The van der Waals surface area contributed by atoms with Crippen LogP contribution in [0.4, 0.5) is 5.69 Å². The highest BCUT2D eigenvalue weighted by molar-refractivity contribution is 9.10. The Kier molecular flexibility index (Phi) is 5.28. The highest BCUT2D eigenvalue weighted by atomic mass is 79.9. The van der Waals surface area contributed by atoms with Gasteiger partial charge in [0.15, 0.2) is 0 Å². The maximum absolute atomic E-state index is 5.65. The molecule has 1 aromatic rings. The molecule has 0 aromatic heterocycles. The summed E-state index contributed by atoms with van der Waals surface area (Å²) in [4.78, 5) is 0. The van der Waals surface area contributed by atoms with Crippen molar-refractivity contribution in [3.8, 4) is 5.75 Å². The van der Waals surface area contributed by atoms with E-state index in [1.54, 1.807) is 7.11 Å². The van der Waals surface area contributed by atoms with E-state index in [1.807, 2.05) is 18.2 Å². The molecule has 0 amide bonds. The van der Waals surface area contributed by atoms with E-state index >= 15 is 0 Å². The Morgan fingerprint density at radius 2 is 2.44 bits per heavy atom. The topological polar surface area (TPSA) is 42.5 Å². The second-order valence-electron chi connectivity index (χ2n) is 4.26. The number of nitrogens with one attached hydrogen (secondary N) is 2. The van der Waals surface area contributed by atoms with Gasteiger partial charge in [-0.2, -0.15) is 0 Å². The second-order valence-corrected chi connectivity index (χ2v) is 5.17. The maximum Gasteiger partial charge on any atom is 0.142 e. The molecular weight excluding hydrogens is 296 g/mol. The Labute approximate surface area is 116 Å². The van der Waals surface area contributed by atoms with Crippen molar-refractivity contribution < 1.29 is 9.47 Å². The average molecular weight is 315 g/mol. The van der Waals surface area contributed by atoms with Gasteiger partial charge in [-0.3, -0.25) is 0 Å². The Morgan fingerprint density at radius 3 is 3.17 bits per heavy atom. The van der Waals surface area contributed by atoms with Gasteiger partial charge in [-0.25, -0.2) is 0 Å². The van der Waals surface area contributed by atoms with Crippen molar-refractivity contribution in [1.82, 2.24) is 5.32 Å². The van der Waals surface area contributed by atoms with Crippen molar-refractivity contribution in [2.45, 2.75) is 12.5 Å². The van der Waals surface area contributed by atoms with Gasteiger partial charge in [0.1, 0.15) is 5.75 Å². The minimum Gasteiger partial charge on any atom is -0.495 e. The van der Waals surface area contributed by atoms with E-state index in [9.17, 15) is 0 Å². The Balaban J connectivity index is 1.83. The number of morpholine rings is 1. The lowest BCUT2D eigenvalue weighted by molar-refractivity contribution is 0.0258. The van der Waals surface area contributed by atoms with Crippen molar-refractivity contribution >= 4 is 21.6 Å². The highest BCUT2D eigenvalue weighted by Crippen LogP contribution is 2.27. The van der Waals surface area contributed by atoms with Gasteiger partial charge >= 0.3 is 0 Å². The van der Waals surface area contributed by atoms with E-state index in [0.29, 0.717) is 6.10 Å². The summed E-state index contributed by atoms with van der Waals surface area (Å²) in [6.45, 7) is 3.59. The predicted octanol–water partition coefficient (Wildman–Crippen LogP) is 2.25. The van der Waals surface area contributed by atoms with E-state index in [2.05, 4.69) is 26.6 Å². The van der Waals surface area contributed by atoms with Gasteiger partial charge in [0.25, 0.3) is 0 Å². The summed E-state index contributed by atoms with van der Waals surface area (Å²) in [5.74, 6) is 0.862. The van der Waals surface area contributed by atoms with Crippen LogP contribution >= 0.6 is 15.9 Å². The number of anilines is 1. The number of hydrogen-bond donors (Lipinski definition) is 2. The largest absolute Gasteiger partial charge is 0.495 e. The van der Waals surface area contributed by atoms with Crippen molar-refractivity contribution in [2.75, 3.05) is 38.7 Å². The molecule has 1 fully saturated rings. The third kappa shape index (κ3) is 3.86. The highest BCUT2D eigenvalue weighted by Gasteiger charge is 2.12. The number of halogens is 1. The molecule has 1 atom stereocenters. The summed E-state index contributed by atoms with van der Waals surface area (Å²) in [7, 11) is 1.68. The number of rotatable bonds is 5. The van der Waals surface area contributed by atoms with Crippen LogP contribution in [0.2, 0.25) is 0 Å². The third-order valence-electron chi connectivity index (χ3n) is 2.95. The lowest BCUT2D eigenvalue weighted by Gasteiger charge is -2.24. The fourth-order valence-corrected chi connectivity index (χ4v) is 2.35. The fraction of sp³-hybridized carbons (Fsp3) is 0.538. The molecule has 0 radical (unpaired) electrons. The molecule has 4 nitrogen and oxygen atoms in total. The number of methoxy groups -OCH3 is 1. The van der Waals surface area contributed by atoms with Crippen molar-refractivity contribution in [3.63, 3.8) is 0 Å². The standard InChI is InChI=1S/C13H19BrN2O2/c1-17-13-3-2-10(14)8-12(13)16-5-4-11-9-15-6-7-18-11/h2-3,8,11,15-16H,4-7,9H2,1H3. The average Bonchev–Trinajstić information content (AvgIpc) is 2.40. The second kappa shape index (κ2) is 6.97. The molecular formula is C13H19BrN2O2. The fourth-order valence-electron chi connectivity index (χ4n) is 1.99. The third-order valence-corrected chi connectivity index (χ3v) is 3.44. The molecule has 0 spiro atoms. The zero-order chi connectivity index (χ0) is 12.8. The van der Waals surface area contributed by atoms with Gasteiger partial charge in [-0.1, -0.05) is 15.9 Å². The summed E-state index contributed by atoms with van der Waals surface area (Å²) >= 11 is 3.46. The summed E-state index contributed by atoms with van der Waals surface area (Å²) < 4.78 is 12.0. The minimum atomic E-state index is 0.310. The first-order valence-electron chi connectivity index (χ1n) is 6.19. The van der Waals surface area contributed by atoms with E-state index in [1.165, 1.54) is 0 Å². The molecule has 1 aliphatic heterocycles. The first kappa shape index (κ1) is 13.6. The van der Waals surface area contributed by atoms with Crippen LogP contribution in [0.25, 0.3) is 0 Å². The maximum atomic E-state index is 5.65. The van der Waals surface area contributed by atoms with Gasteiger partial charge < -0.3 is 20.1 Å². The Hall–Kier alpha value is -0.780. The van der Waals surface area contributed by atoms with Crippen LogP contribution < -0.4 is 15.4 Å². The van der Waals surface area contributed by atoms with Crippen LogP contribution in [0.15, 0.2) is 22.7 Å². The van der Waals surface area contributed by atoms with Gasteiger partial charge in [0, 0.05) is 24.1 Å².